The van der Waals surface area contributed by atoms with Crippen molar-refractivity contribution in [3.63, 3.8) is 0 Å². The van der Waals surface area contributed by atoms with Crippen molar-refractivity contribution in [1.82, 2.24) is 10.3 Å². The van der Waals surface area contributed by atoms with Gasteiger partial charge in [0, 0.05) is 12.1 Å². The van der Waals surface area contributed by atoms with Crippen LogP contribution in [-0.4, -0.2) is 23.2 Å². The van der Waals surface area contributed by atoms with E-state index in [-0.39, 0.29) is 0 Å². The first kappa shape index (κ1) is 13.5. The number of fused-ring (bicyclic) bond motifs is 2. The second-order valence-corrected chi connectivity index (χ2v) is 6.19. The van der Waals surface area contributed by atoms with Gasteiger partial charge < -0.3 is 10.4 Å². The Morgan fingerprint density at radius 1 is 1.05 bits per heavy atom. The van der Waals surface area contributed by atoms with Gasteiger partial charge in [-0.25, -0.2) is 0 Å². The SMILES string of the molecule is Oc1ccc2c(c1)C=Cc1cccnc1C2C1CCNCC1. The smallest absolute Gasteiger partial charge is 0.116 e. The van der Waals surface area contributed by atoms with Crippen LogP contribution in [0.4, 0.5) is 0 Å². The van der Waals surface area contributed by atoms with Gasteiger partial charge in [0.1, 0.15) is 5.75 Å². The standard InChI is InChI=1S/C19H20N2O/c22-16-5-6-17-15(12-16)4-3-14-2-1-9-21-19(14)18(17)13-7-10-20-11-8-13/h1-6,9,12-13,18,20,22H,7-8,10-11H2. The summed E-state index contributed by atoms with van der Waals surface area (Å²) in [5, 5.41) is 13.3. The van der Waals surface area contributed by atoms with Gasteiger partial charge >= 0.3 is 0 Å². The average molecular weight is 292 g/mol. The molecule has 1 aliphatic heterocycles. The molecule has 112 valence electrons. The molecule has 0 bridgehead atoms. The maximum absolute atomic E-state index is 9.83. The predicted octanol–water partition coefficient (Wildman–Crippen LogP) is 3.40. The van der Waals surface area contributed by atoms with E-state index in [0.717, 1.165) is 18.7 Å². The van der Waals surface area contributed by atoms with Crippen LogP contribution >= 0.6 is 0 Å². The lowest BCUT2D eigenvalue weighted by molar-refractivity contribution is 0.338. The third kappa shape index (κ3) is 2.32. The number of phenolic OH excluding ortho intramolecular Hbond substituents is 1. The highest BCUT2D eigenvalue weighted by Crippen LogP contribution is 2.42. The van der Waals surface area contributed by atoms with E-state index >= 15 is 0 Å². The third-order valence-electron chi connectivity index (χ3n) is 4.87. The zero-order valence-corrected chi connectivity index (χ0v) is 12.5. The van der Waals surface area contributed by atoms with Gasteiger partial charge in [0.2, 0.25) is 0 Å². The minimum atomic E-state index is 0.309. The Kier molecular flexibility index (Phi) is 3.43. The Hall–Kier alpha value is -2.13. The van der Waals surface area contributed by atoms with E-state index in [0.29, 0.717) is 17.6 Å². The zero-order chi connectivity index (χ0) is 14.9. The van der Waals surface area contributed by atoms with E-state index in [2.05, 4.69) is 29.6 Å². The molecule has 1 fully saturated rings. The Bertz CT molecular complexity index is 717. The van der Waals surface area contributed by atoms with Crippen LogP contribution in [0.15, 0.2) is 36.5 Å². The number of nitrogens with one attached hydrogen (secondary N) is 1. The highest BCUT2D eigenvalue weighted by molar-refractivity contribution is 5.76. The number of benzene rings is 1. The molecule has 2 aliphatic rings. The molecule has 3 heteroatoms. The molecule has 0 radical (unpaired) electrons. The summed E-state index contributed by atoms with van der Waals surface area (Å²) in [5.74, 6) is 1.23. The van der Waals surface area contributed by atoms with Crippen LogP contribution in [0.3, 0.4) is 0 Å². The number of piperidine rings is 1. The van der Waals surface area contributed by atoms with Crippen molar-refractivity contribution in [2.45, 2.75) is 18.8 Å². The number of phenols is 1. The maximum atomic E-state index is 9.83. The van der Waals surface area contributed by atoms with E-state index in [1.165, 1.54) is 29.7 Å². The zero-order valence-electron chi connectivity index (χ0n) is 12.5. The van der Waals surface area contributed by atoms with Gasteiger partial charge in [-0.05, 0) is 66.7 Å². The van der Waals surface area contributed by atoms with Gasteiger partial charge in [0.05, 0.1) is 5.69 Å². The Labute approximate surface area is 130 Å². The fourth-order valence-corrected chi connectivity index (χ4v) is 3.80. The predicted molar refractivity (Wildman–Crippen MR) is 88.7 cm³/mol. The highest BCUT2D eigenvalue weighted by Gasteiger charge is 2.31. The van der Waals surface area contributed by atoms with Crippen LogP contribution in [-0.2, 0) is 0 Å². The summed E-state index contributed by atoms with van der Waals surface area (Å²) in [6.45, 7) is 2.15. The Morgan fingerprint density at radius 2 is 1.86 bits per heavy atom. The Morgan fingerprint density at radius 3 is 2.73 bits per heavy atom. The molecule has 0 amide bonds. The summed E-state index contributed by atoms with van der Waals surface area (Å²) in [5.41, 5.74) is 4.77. The molecule has 1 saturated heterocycles. The van der Waals surface area contributed by atoms with Crippen LogP contribution in [0.2, 0.25) is 0 Å². The molecule has 0 saturated carbocycles. The van der Waals surface area contributed by atoms with E-state index in [4.69, 9.17) is 4.98 Å². The molecule has 1 atom stereocenters. The average Bonchev–Trinajstić information content (AvgIpc) is 2.72. The molecule has 2 aromatic rings. The molecule has 1 aliphatic carbocycles. The number of aromatic nitrogens is 1. The molecule has 2 heterocycles. The first-order valence-corrected chi connectivity index (χ1v) is 7.99. The van der Waals surface area contributed by atoms with E-state index in [1.807, 2.05) is 18.3 Å². The van der Waals surface area contributed by atoms with Crippen molar-refractivity contribution in [1.29, 1.82) is 0 Å². The molecule has 0 spiro atoms. The lowest BCUT2D eigenvalue weighted by Crippen LogP contribution is -2.31. The summed E-state index contributed by atoms with van der Waals surface area (Å²) >= 11 is 0. The van der Waals surface area contributed by atoms with Crippen LogP contribution in [0.1, 0.15) is 41.1 Å². The van der Waals surface area contributed by atoms with Gasteiger partial charge in [-0.2, -0.15) is 0 Å². The molecule has 2 N–H and O–H groups in total. The lowest BCUT2D eigenvalue weighted by atomic mass is 9.76. The number of nitrogens with zero attached hydrogens (tertiary/aromatic N) is 1. The second kappa shape index (κ2) is 5.58. The minimum Gasteiger partial charge on any atom is -0.508 e. The van der Waals surface area contributed by atoms with Crippen molar-refractivity contribution in [2.24, 2.45) is 5.92 Å². The molecular weight excluding hydrogens is 272 g/mol. The largest absolute Gasteiger partial charge is 0.508 e. The third-order valence-corrected chi connectivity index (χ3v) is 4.87. The quantitative estimate of drug-likeness (QED) is 0.846. The van der Waals surface area contributed by atoms with Crippen molar-refractivity contribution in [3.8, 4) is 5.75 Å². The van der Waals surface area contributed by atoms with Crippen molar-refractivity contribution in [3.05, 3.63) is 58.9 Å². The molecule has 1 unspecified atom stereocenters. The number of aromatic hydroxyl groups is 1. The minimum absolute atomic E-state index is 0.309. The van der Waals surface area contributed by atoms with E-state index in [1.54, 1.807) is 6.07 Å². The normalized spacial score (nSPS) is 21.0. The lowest BCUT2D eigenvalue weighted by Gasteiger charge is -2.31. The summed E-state index contributed by atoms with van der Waals surface area (Å²) in [6, 6.07) is 9.88. The van der Waals surface area contributed by atoms with Gasteiger partial charge in [-0.3, -0.25) is 4.98 Å². The summed E-state index contributed by atoms with van der Waals surface area (Å²) in [7, 11) is 0. The second-order valence-electron chi connectivity index (χ2n) is 6.19. The van der Waals surface area contributed by atoms with Crippen LogP contribution in [0.5, 0.6) is 5.75 Å². The number of hydrogen-bond donors (Lipinski definition) is 2. The molecule has 1 aromatic heterocycles. The molecular formula is C19H20N2O. The molecule has 4 rings (SSSR count). The van der Waals surface area contributed by atoms with Gasteiger partial charge in [-0.15, -0.1) is 0 Å². The monoisotopic (exact) mass is 292 g/mol. The summed E-state index contributed by atoms with van der Waals surface area (Å²) < 4.78 is 0. The highest BCUT2D eigenvalue weighted by atomic mass is 16.3. The number of pyridine rings is 1. The number of hydrogen-bond acceptors (Lipinski definition) is 3. The fourth-order valence-electron chi connectivity index (χ4n) is 3.80. The maximum Gasteiger partial charge on any atom is 0.116 e. The first-order chi connectivity index (χ1) is 10.8. The van der Waals surface area contributed by atoms with Gasteiger partial charge in [0.15, 0.2) is 0 Å². The molecule has 3 nitrogen and oxygen atoms in total. The van der Waals surface area contributed by atoms with Crippen LogP contribution in [0.25, 0.3) is 12.2 Å². The van der Waals surface area contributed by atoms with Crippen molar-refractivity contribution < 1.29 is 5.11 Å². The molecule has 22 heavy (non-hydrogen) atoms. The Balaban J connectivity index is 1.89. The first-order valence-electron chi connectivity index (χ1n) is 7.99. The topological polar surface area (TPSA) is 45.2 Å². The van der Waals surface area contributed by atoms with Crippen molar-refractivity contribution in [2.75, 3.05) is 13.1 Å². The van der Waals surface area contributed by atoms with E-state index in [9.17, 15) is 5.11 Å². The van der Waals surface area contributed by atoms with Crippen LogP contribution < -0.4 is 5.32 Å². The summed E-state index contributed by atoms with van der Waals surface area (Å²) in [6.07, 6.45) is 8.46. The van der Waals surface area contributed by atoms with Gasteiger partial charge in [0.25, 0.3) is 0 Å². The van der Waals surface area contributed by atoms with Crippen molar-refractivity contribution >= 4 is 12.2 Å². The number of rotatable bonds is 1. The van der Waals surface area contributed by atoms with Gasteiger partial charge in [-0.1, -0.05) is 24.3 Å². The molecule has 1 aromatic carbocycles. The summed E-state index contributed by atoms with van der Waals surface area (Å²) in [4.78, 5) is 4.72. The van der Waals surface area contributed by atoms with Crippen LogP contribution in [0, 0.1) is 5.92 Å². The fraction of sp³-hybridized carbons (Fsp3) is 0.316. The van der Waals surface area contributed by atoms with E-state index < -0.39 is 0 Å².